The van der Waals surface area contributed by atoms with Crippen LogP contribution in [0.25, 0.3) is 33.1 Å². The van der Waals surface area contributed by atoms with Crippen molar-refractivity contribution in [3.8, 4) is 22.9 Å². The molecular formula is C37H31ClN4O5. The number of para-hydroxylation sites is 1. The number of aromatic nitrogens is 2. The van der Waals surface area contributed by atoms with Crippen molar-refractivity contribution in [2.24, 2.45) is 5.10 Å². The molecule has 236 valence electrons. The molecule has 47 heavy (non-hydrogen) atoms. The van der Waals surface area contributed by atoms with Gasteiger partial charge >= 0.3 is 5.69 Å². The average molecular weight is 647 g/mol. The summed E-state index contributed by atoms with van der Waals surface area (Å²) < 4.78 is 12.8. The quantitative estimate of drug-likeness (QED) is 0.0883. The van der Waals surface area contributed by atoms with Crippen LogP contribution >= 0.6 is 11.6 Å². The van der Waals surface area contributed by atoms with E-state index >= 15 is 0 Å². The Hall–Kier alpha value is -5.54. The van der Waals surface area contributed by atoms with Gasteiger partial charge in [-0.15, -0.1) is 0 Å². The Morgan fingerprint density at radius 1 is 1.00 bits per heavy atom. The maximum atomic E-state index is 13.8. The number of nitrogens with zero attached hydrogens (tertiary/aromatic N) is 4. The maximum absolute atomic E-state index is 13.8. The van der Waals surface area contributed by atoms with Gasteiger partial charge < -0.3 is 9.47 Å². The molecule has 0 radical (unpaired) electrons. The lowest BCUT2D eigenvalue weighted by Gasteiger charge is -2.17. The minimum Gasteiger partial charge on any atom is -0.496 e. The molecule has 0 fully saturated rings. The summed E-state index contributed by atoms with van der Waals surface area (Å²) in [5.74, 6) is 1.14. The van der Waals surface area contributed by atoms with Gasteiger partial charge in [-0.1, -0.05) is 80.0 Å². The molecule has 6 aromatic rings. The molecule has 5 aromatic carbocycles. The Kier molecular flexibility index (Phi) is 8.74. The topological polar surface area (TPSA) is 109 Å². The first-order valence-electron chi connectivity index (χ1n) is 15.0. The Bertz CT molecular complexity index is 2260. The minimum atomic E-state index is -0.551. The zero-order valence-corrected chi connectivity index (χ0v) is 27.0. The van der Waals surface area contributed by atoms with Gasteiger partial charge in [-0.25, -0.2) is 4.98 Å². The average Bonchev–Trinajstić information content (AvgIpc) is 3.06. The molecule has 0 bridgehead atoms. The summed E-state index contributed by atoms with van der Waals surface area (Å²) in [5, 5.41) is 19.1. The fourth-order valence-corrected chi connectivity index (χ4v) is 5.89. The number of benzene rings is 5. The monoisotopic (exact) mass is 646 g/mol. The first-order valence-corrected chi connectivity index (χ1v) is 15.4. The number of hydrogen-bond acceptors (Lipinski definition) is 7. The van der Waals surface area contributed by atoms with Crippen molar-refractivity contribution in [1.29, 1.82) is 0 Å². The molecule has 0 atom stereocenters. The Balaban J connectivity index is 1.43. The van der Waals surface area contributed by atoms with Crippen LogP contribution in [-0.2, 0) is 6.61 Å². The van der Waals surface area contributed by atoms with Gasteiger partial charge in [0.25, 0.3) is 5.56 Å². The number of aryl methyl sites for hydroxylation is 1. The molecule has 0 N–H and O–H groups in total. The number of fused-ring (bicyclic) bond motifs is 2. The lowest BCUT2D eigenvalue weighted by atomic mass is 9.96. The first-order chi connectivity index (χ1) is 22.7. The molecule has 0 aliphatic heterocycles. The van der Waals surface area contributed by atoms with E-state index in [0.29, 0.717) is 27.9 Å². The number of rotatable bonds is 9. The van der Waals surface area contributed by atoms with Gasteiger partial charge in [0.05, 0.1) is 34.2 Å². The van der Waals surface area contributed by atoms with Crippen LogP contribution in [0.15, 0.2) is 101 Å². The summed E-state index contributed by atoms with van der Waals surface area (Å²) in [6, 6.07) is 27.4. The lowest BCUT2D eigenvalue weighted by Crippen LogP contribution is -2.20. The number of nitro groups is 1. The number of halogens is 1. The molecule has 1 aromatic heterocycles. The summed E-state index contributed by atoms with van der Waals surface area (Å²) in [7, 11) is 1.62. The highest BCUT2D eigenvalue weighted by atomic mass is 35.5. The van der Waals surface area contributed by atoms with Crippen molar-refractivity contribution in [1.82, 2.24) is 9.66 Å². The van der Waals surface area contributed by atoms with Crippen molar-refractivity contribution in [2.75, 3.05) is 7.11 Å². The van der Waals surface area contributed by atoms with Gasteiger partial charge in [0, 0.05) is 17.2 Å². The highest BCUT2D eigenvalue weighted by Gasteiger charge is 2.22. The van der Waals surface area contributed by atoms with Crippen LogP contribution in [-0.4, -0.2) is 27.9 Å². The molecule has 6 rings (SSSR count). The van der Waals surface area contributed by atoms with Crippen molar-refractivity contribution in [3.05, 3.63) is 139 Å². The first kappa shape index (κ1) is 31.4. The molecule has 0 spiro atoms. The molecule has 0 saturated carbocycles. The van der Waals surface area contributed by atoms with E-state index in [2.05, 4.69) is 18.9 Å². The van der Waals surface area contributed by atoms with Gasteiger partial charge in [-0.2, -0.15) is 9.78 Å². The van der Waals surface area contributed by atoms with Gasteiger partial charge in [-0.3, -0.25) is 14.9 Å². The summed E-state index contributed by atoms with van der Waals surface area (Å²) >= 11 is 6.59. The highest BCUT2D eigenvalue weighted by Crippen LogP contribution is 2.37. The largest absolute Gasteiger partial charge is 0.496 e. The Morgan fingerprint density at radius 2 is 1.72 bits per heavy atom. The molecule has 0 unspecified atom stereocenters. The molecular weight excluding hydrogens is 616 g/mol. The van der Waals surface area contributed by atoms with Gasteiger partial charge in [0.2, 0.25) is 5.75 Å². The van der Waals surface area contributed by atoms with E-state index in [1.54, 1.807) is 25.3 Å². The fourth-order valence-electron chi connectivity index (χ4n) is 5.62. The summed E-state index contributed by atoms with van der Waals surface area (Å²) in [6.45, 7) is 6.11. The van der Waals surface area contributed by atoms with Crippen molar-refractivity contribution in [3.63, 3.8) is 0 Å². The second-order valence-corrected chi connectivity index (χ2v) is 11.8. The zero-order chi connectivity index (χ0) is 33.2. The highest BCUT2D eigenvalue weighted by molar-refractivity contribution is 6.32. The third kappa shape index (κ3) is 6.17. The number of hydrogen-bond donors (Lipinski definition) is 0. The SMILES string of the molecule is COc1cc(C)c(-c2nc3ccccc3c(=O)n2N=Cc2cc(Cl)c(OCc3cccc4ccccc34)c([N+](=O)[O-])c2)cc1C(C)C. The summed E-state index contributed by atoms with van der Waals surface area (Å²) in [5.41, 5.74) is 3.47. The van der Waals surface area contributed by atoms with Crippen LogP contribution in [0.2, 0.25) is 5.02 Å². The molecule has 9 nitrogen and oxygen atoms in total. The molecule has 1 heterocycles. The van der Waals surface area contributed by atoms with E-state index in [1.165, 1.54) is 23.0 Å². The summed E-state index contributed by atoms with van der Waals surface area (Å²) in [4.78, 5) is 30.3. The second kappa shape index (κ2) is 13.1. The van der Waals surface area contributed by atoms with Gasteiger partial charge in [0.15, 0.2) is 5.82 Å². The molecule has 10 heteroatoms. The number of ether oxygens (including phenoxy) is 2. The normalized spacial score (nSPS) is 11.5. The maximum Gasteiger partial charge on any atom is 0.313 e. The van der Waals surface area contributed by atoms with E-state index in [1.807, 2.05) is 67.6 Å². The van der Waals surface area contributed by atoms with Crippen LogP contribution in [0.3, 0.4) is 0 Å². The van der Waals surface area contributed by atoms with Crippen LogP contribution in [0, 0.1) is 17.0 Å². The zero-order valence-electron chi connectivity index (χ0n) is 26.2. The fraction of sp³-hybridized carbons (Fsp3) is 0.162. The number of methoxy groups -OCH3 is 1. The lowest BCUT2D eigenvalue weighted by molar-refractivity contribution is -0.385. The molecule has 0 saturated heterocycles. The standard InChI is InChI=1S/C37H31ClN4O5/c1-22(2)29-19-30(23(3)16-34(29)46-4)36-40-32-15-8-7-14-28(32)37(43)41(36)39-20-24-17-31(38)35(33(18-24)42(44)45)47-21-26-12-9-11-25-10-5-6-13-27(25)26/h5-20,22H,21H2,1-4H3. The Morgan fingerprint density at radius 3 is 2.47 bits per heavy atom. The van der Waals surface area contributed by atoms with Crippen LogP contribution in [0.1, 0.15) is 42.0 Å². The van der Waals surface area contributed by atoms with E-state index in [0.717, 1.165) is 33.2 Å². The van der Waals surface area contributed by atoms with Crippen molar-refractivity contribution in [2.45, 2.75) is 33.3 Å². The predicted molar refractivity (Wildman–Crippen MR) is 186 cm³/mol. The van der Waals surface area contributed by atoms with Crippen molar-refractivity contribution < 1.29 is 14.4 Å². The van der Waals surface area contributed by atoms with E-state index in [-0.39, 0.29) is 34.5 Å². The van der Waals surface area contributed by atoms with Crippen LogP contribution in [0.4, 0.5) is 5.69 Å². The molecule has 0 aliphatic carbocycles. The van der Waals surface area contributed by atoms with Crippen LogP contribution in [0.5, 0.6) is 11.5 Å². The predicted octanol–water partition coefficient (Wildman–Crippen LogP) is 8.68. The number of nitro benzene ring substituents is 1. The van der Waals surface area contributed by atoms with Crippen molar-refractivity contribution >= 4 is 45.2 Å². The smallest absolute Gasteiger partial charge is 0.313 e. The third-order valence-electron chi connectivity index (χ3n) is 8.01. The minimum absolute atomic E-state index is 0.0395. The van der Waals surface area contributed by atoms with E-state index in [4.69, 9.17) is 26.1 Å². The second-order valence-electron chi connectivity index (χ2n) is 11.4. The van der Waals surface area contributed by atoms with Gasteiger partial charge in [0.1, 0.15) is 12.4 Å². The van der Waals surface area contributed by atoms with Gasteiger partial charge in [-0.05, 0) is 70.6 Å². The van der Waals surface area contributed by atoms with Crippen LogP contribution < -0.4 is 15.0 Å². The van der Waals surface area contributed by atoms with E-state index in [9.17, 15) is 14.9 Å². The molecule has 0 amide bonds. The third-order valence-corrected chi connectivity index (χ3v) is 8.29. The summed E-state index contributed by atoms with van der Waals surface area (Å²) in [6.07, 6.45) is 1.36. The molecule has 0 aliphatic rings. The Labute approximate surface area is 275 Å². The van der Waals surface area contributed by atoms with E-state index < -0.39 is 4.92 Å².